The van der Waals surface area contributed by atoms with Crippen LogP contribution in [0, 0.1) is 10.1 Å². The average molecular weight is 409 g/mol. The highest BCUT2D eigenvalue weighted by atomic mass is 35.5. The highest BCUT2D eigenvalue weighted by Gasteiger charge is 2.36. The third kappa shape index (κ3) is 4.45. The Kier molecular flexibility index (Phi) is 5.48. The van der Waals surface area contributed by atoms with Crippen molar-refractivity contribution in [2.75, 3.05) is 11.5 Å². The van der Waals surface area contributed by atoms with E-state index in [-0.39, 0.29) is 29.3 Å². The summed E-state index contributed by atoms with van der Waals surface area (Å²) in [5, 5.41) is 11.8. The van der Waals surface area contributed by atoms with Crippen LogP contribution in [0.15, 0.2) is 48.5 Å². The van der Waals surface area contributed by atoms with Gasteiger partial charge in [0.2, 0.25) is 0 Å². The van der Waals surface area contributed by atoms with Crippen LogP contribution >= 0.6 is 11.6 Å². The molecule has 1 aliphatic rings. The third-order valence-electron chi connectivity index (χ3n) is 4.51. The molecule has 1 amide bonds. The standard InChI is InChI=1S/C18H17ClN2O5S/c19-14-7-5-13(6-8-14)11-20(15-9-10-27(25,26)12-15)18(22)16-3-1-2-4-17(16)21(23)24/h1-8,15H,9-12H2/t15-/m0/s1. The van der Waals surface area contributed by atoms with Gasteiger partial charge in [0.05, 0.1) is 16.4 Å². The predicted molar refractivity (Wildman–Crippen MR) is 101 cm³/mol. The van der Waals surface area contributed by atoms with Gasteiger partial charge in [-0.15, -0.1) is 0 Å². The maximum absolute atomic E-state index is 13.1. The van der Waals surface area contributed by atoms with Crippen LogP contribution in [-0.4, -0.2) is 41.7 Å². The van der Waals surface area contributed by atoms with Crippen LogP contribution in [0.3, 0.4) is 0 Å². The van der Waals surface area contributed by atoms with Crippen molar-refractivity contribution in [2.24, 2.45) is 0 Å². The number of sulfone groups is 1. The number of nitro groups is 1. The summed E-state index contributed by atoms with van der Waals surface area (Å²) in [5.41, 5.74) is 0.404. The zero-order valence-electron chi connectivity index (χ0n) is 14.2. The molecule has 0 spiro atoms. The summed E-state index contributed by atoms with van der Waals surface area (Å²) < 4.78 is 23.8. The quantitative estimate of drug-likeness (QED) is 0.559. The number of benzene rings is 2. The summed E-state index contributed by atoms with van der Waals surface area (Å²) in [5.74, 6) is -0.703. The zero-order valence-corrected chi connectivity index (χ0v) is 15.8. The van der Waals surface area contributed by atoms with Gasteiger partial charge in [0.15, 0.2) is 9.84 Å². The Morgan fingerprint density at radius 1 is 1.19 bits per heavy atom. The smallest absolute Gasteiger partial charge is 0.282 e. The molecular weight excluding hydrogens is 392 g/mol. The Labute approximate surface area is 161 Å². The van der Waals surface area contributed by atoms with Crippen molar-refractivity contribution in [1.29, 1.82) is 0 Å². The lowest BCUT2D eigenvalue weighted by Crippen LogP contribution is -2.40. The van der Waals surface area contributed by atoms with Gasteiger partial charge in [0.25, 0.3) is 11.6 Å². The number of carbonyl (C=O) groups is 1. The van der Waals surface area contributed by atoms with E-state index in [0.29, 0.717) is 11.4 Å². The summed E-state index contributed by atoms with van der Waals surface area (Å²) >= 11 is 5.89. The second-order valence-electron chi connectivity index (χ2n) is 6.39. The molecule has 1 heterocycles. The summed E-state index contributed by atoms with van der Waals surface area (Å²) in [7, 11) is -3.23. The molecule has 1 saturated heterocycles. The van der Waals surface area contributed by atoms with Crippen molar-refractivity contribution in [3.8, 4) is 0 Å². The molecule has 0 radical (unpaired) electrons. The lowest BCUT2D eigenvalue weighted by Gasteiger charge is -2.28. The molecule has 27 heavy (non-hydrogen) atoms. The number of nitrogens with zero attached hydrogens (tertiary/aromatic N) is 2. The van der Waals surface area contributed by atoms with Crippen LogP contribution in [0.25, 0.3) is 0 Å². The van der Waals surface area contributed by atoms with Gasteiger partial charge in [-0.05, 0) is 30.2 Å². The lowest BCUT2D eigenvalue weighted by molar-refractivity contribution is -0.385. The second-order valence-corrected chi connectivity index (χ2v) is 9.06. The van der Waals surface area contributed by atoms with Gasteiger partial charge in [-0.1, -0.05) is 35.9 Å². The molecule has 7 nitrogen and oxygen atoms in total. The van der Waals surface area contributed by atoms with Gasteiger partial charge in [-0.2, -0.15) is 0 Å². The van der Waals surface area contributed by atoms with Crippen LogP contribution in [0.1, 0.15) is 22.3 Å². The van der Waals surface area contributed by atoms with Gasteiger partial charge in [0.1, 0.15) is 5.56 Å². The Morgan fingerprint density at radius 2 is 1.85 bits per heavy atom. The third-order valence-corrected chi connectivity index (χ3v) is 6.51. The normalized spacial score (nSPS) is 18.2. The molecule has 3 rings (SSSR count). The fourth-order valence-electron chi connectivity index (χ4n) is 3.14. The van der Waals surface area contributed by atoms with Crippen molar-refractivity contribution in [3.05, 3.63) is 74.8 Å². The molecule has 142 valence electrons. The average Bonchev–Trinajstić information content (AvgIpc) is 3.00. The van der Waals surface area contributed by atoms with Crippen molar-refractivity contribution in [2.45, 2.75) is 19.0 Å². The van der Waals surface area contributed by atoms with Gasteiger partial charge in [0, 0.05) is 23.7 Å². The number of amides is 1. The molecule has 9 heteroatoms. The molecule has 0 aromatic heterocycles. The van der Waals surface area contributed by atoms with Crippen LogP contribution in [0.4, 0.5) is 5.69 Å². The summed E-state index contributed by atoms with van der Waals surface area (Å²) in [6.45, 7) is 0.141. The molecule has 0 bridgehead atoms. The van der Waals surface area contributed by atoms with Gasteiger partial charge in [-0.3, -0.25) is 14.9 Å². The molecule has 0 N–H and O–H groups in total. The van der Waals surface area contributed by atoms with Crippen molar-refractivity contribution < 1.29 is 18.1 Å². The first-order chi connectivity index (χ1) is 12.8. The molecule has 2 aromatic rings. The van der Waals surface area contributed by atoms with Gasteiger partial charge in [-0.25, -0.2) is 8.42 Å². The number of halogens is 1. The first-order valence-corrected chi connectivity index (χ1v) is 10.5. The van der Waals surface area contributed by atoms with E-state index in [1.807, 2.05) is 0 Å². The van der Waals surface area contributed by atoms with Crippen LogP contribution in [0.2, 0.25) is 5.02 Å². The van der Waals surface area contributed by atoms with E-state index in [4.69, 9.17) is 11.6 Å². The van der Waals surface area contributed by atoms with Gasteiger partial charge >= 0.3 is 0 Å². The molecule has 2 aromatic carbocycles. The molecule has 0 aliphatic carbocycles. The minimum absolute atomic E-state index is 0.00104. The minimum atomic E-state index is -3.23. The fraction of sp³-hybridized carbons (Fsp3) is 0.278. The molecule has 0 saturated carbocycles. The minimum Gasteiger partial charge on any atom is -0.330 e. The largest absolute Gasteiger partial charge is 0.330 e. The van der Waals surface area contributed by atoms with E-state index < -0.39 is 26.7 Å². The Hall–Kier alpha value is -2.45. The Balaban J connectivity index is 1.97. The zero-order chi connectivity index (χ0) is 19.6. The van der Waals surface area contributed by atoms with E-state index in [9.17, 15) is 23.3 Å². The maximum Gasteiger partial charge on any atom is 0.282 e. The number of rotatable bonds is 5. The van der Waals surface area contributed by atoms with Crippen LogP contribution in [-0.2, 0) is 16.4 Å². The Morgan fingerprint density at radius 3 is 2.44 bits per heavy atom. The van der Waals surface area contributed by atoms with Crippen molar-refractivity contribution >= 4 is 33.0 Å². The highest BCUT2D eigenvalue weighted by Crippen LogP contribution is 2.26. The fourth-order valence-corrected chi connectivity index (χ4v) is 5.00. The van der Waals surface area contributed by atoms with E-state index >= 15 is 0 Å². The van der Waals surface area contributed by atoms with Crippen LogP contribution < -0.4 is 0 Å². The van der Waals surface area contributed by atoms with Crippen molar-refractivity contribution in [3.63, 3.8) is 0 Å². The van der Waals surface area contributed by atoms with E-state index in [2.05, 4.69) is 0 Å². The molecule has 1 aliphatic heterocycles. The predicted octanol–water partition coefficient (Wildman–Crippen LogP) is 3.08. The summed E-state index contributed by atoms with van der Waals surface area (Å²) in [4.78, 5) is 25.2. The number of hydrogen-bond donors (Lipinski definition) is 0. The summed E-state index contributed by atoms with van der Waals surface area (Å²) in [6, 6.07) is 12.0. The molecule has 1 atom stereocenters. The van der Waals surface area contributed by atoms with E-state index in [1.54, 1.807) is 30.3 Å². The first kappa shape index (κ1) is 19.3. The molecule has 0 unspecified atom stereocenters. The second kappa shape index (κ2) is 7.66. The monoisotopic (exact) mass is 408 g/mol. The molecule has 1 fully saturated rings. The SMILES string of the molecule is O=C(c1ccccc1[N+](=O)[O-])N(Cc1ccc(Cl)cc1)[C@H]1CCS(=O)(=O)C1. The maximum atomic E-state index is 13.1. The first-order valence-electron chi connectivity index (χ1n) is 8.26. The van der Waals surface area contributed by atoms with Crippen molar-refractivity contribution in [1.82, 2.24) is 4.90 Å². The highest BCUT2D eigenvalue weighted by molar-refractivity contribution is 7.91. The number of nitro benzene ring substituents is 1. The topological polar surface area (TPSA) is 97.6 Å². The number of carbonyl (C=O) groups excluding carboxylic acids is 1. The van der Waals surface area contributed by atoms with E-state index in [0.717, 1.165) is 5.56 Å². The number of para-hydroxylation sites is 1. The lowest BCUT2D eigenvalue weighted by atomic mass is 10.1. The van der Waals surface area contributed by atoms with E-state index in [1.165, 1.54) is 23.1 Å². The Bertz CT molecular complexity index is 976. The van der Waals surface area contributed by atoms with Gasteiger partial charge < -0.3 is 4.90 Å². The number of hydrogen-bond acceptors (Lipinski definition) is 5. The molecular formula is C18H17ClN2O5S. The summed E-state index contributed by atoms with van der Waals surface area (Å²) in [6.07, 6.45) is 0.308. The van der Waals surface area contributed by atoms with Crippen LogP contribution in [0.5, 0.6) is 0 Å².